The number of primary amides is 1. The third kappa shape index (κ3) is 3.12. The van der Waals surface area contributed by atoms with Crippen molar-refractivity contribution < 1.29 is 14.3 Å². The van der Waals surface area contributed by atoms with E-state index in [4.69, 9.17) is 5.73 Å². The molecule has 1 amide bonds. The molecule has 0 fully saturated rings. The van der Waals surface area contributed by atoms with Crippen LogP contribution in [0.1, 0.15) is 26.4 Å². The molecular formula is C18H15N3O4. The first-order valence-electron chi connectivity index (χ1n) is 7.48. The Hall–Kier alpha value is -3.48. The van der Waals surface area contributed by atoms with Gasteiger partial charge in [0.15, 0.2) is 5.69 Å². The smallest absolute Gasteiger partial charge is 0.337 e. The Kier molecular flexibility index (Phi) is 4.30. The van der Waals surface area contributed by atoms with Crippen molar-refractivity contribution in [1.29, 1.82) is 0 Å². The van der Waals surface area contributed by atoms with Crippen LogP contribution in [0.15, 0.2) is 53.3 Å². The number of aromatic nitrogens is 2. The lowest BCUT2D eigenvalue weighted by molar-refractivity contribution is 0.0600. The number of hydrogen-bond donors (Lipinski definition) is 1. The number of esters is 1. The molecule has 0 aliphatic carbocycles. The Balaban J connectivity index is 2.04. The van der Waals surface area contributed by atoms with Crippen molar-refractivity contribution in [3.05, 3.63) is 75.7 Å². The molecule has 25 heavy (non-hydrogen) atoms. The van der Waals surface area contributed by atoms with Gasteiger partial charge in [-0.1, -0.05) is 30.3 Å². The van der Waals surface area contributed by atoms with E-state index in [1.165, 1.54) is 11.8 Å². The molecule has 7 nitrogen and oxygen atoms in total. The van der Waals surface area contributed by atoms with Gasteiger partial charge in [-0.05, 0) is 23.8 Å². The Bertz CT molecular complexity index is 1020. The molecule has 126 valence electrons. The summed E-state index contributed by atoms with van der Waals surface area (Å²) < 4.78 is 5.84. The van der Waals surface area contributed by atoms with E-state index in [2.05, 4.69) is 9.84 Å². The van der Waals surface area contributed by atoms with Crippen molar-refractivity contribution >= 4 is 22.6 Å². The zero-order valence-corrected chi connectivity index (χ0v) is 13.4. The summed E-state index contributed by atoms with van der Waals surface area (Å²) in [4.78, 5) is 35.7. The quantitative estimate of drug-likeness (QED) is 0.723. The Morgan fingerprint density at radius 2 is 1.72 bits per heavy atom. The molecule has 0 atom stereocenters. The van der Waals surface area contributed by atoms with Crippen molar-refractivity contribution in [2.24, 2.45) is 5.73 Å². The predicted molar refractivity (Wildman–Crippen MR) is 91.4 cm³/mol. The normalized spacial score (nSPS) is 10.6. The van der Waals surface area contributed by atoms with Gasteiger partial charge in [-0.25, -0.2) is 9.48 Å². The van der Waals surface area contributed by atoms with Crippen molar-refractivity contribution in [2.75, 3.05) is 7.11 Å². The number of nitrogens with zero attached hydrogens (tertiary/aromatic N) is 2. The molecule has 2 aromatic carbocycles. The largest absolute Gasteiger partial charge is 0.465 e. The number of carbonyl (C=O) groups is 2. The summed E-state index contributed by atoms with van der Waals surface area (Å²) in [5.74, 6) is -1.14. The molecule has 0 bridgehead atoms. The Morgan fingerprint density at radius 3 is 2.32 bits per heavy atom. The fourth-order valence-corrected chi connectivity index (χ4v) is 2.56. The standard InChI is InChI=1S/C18H15N3O4/c1-25-18(24)12-8-6-11(7-9-12)10-21-17(23)14-5-3-2-4-13(14)15(20-21)16(19)22/h2-9H,10H2,1H3,(H2,19,22). The monoisotopic (exact) mass is 337 g/mol. The van der Waals surface area contributed by atoms with Crippen LogP contribution in [0.5, 0.6) is 0 Å². The van der Waals surface area contributed by atoms with Gasteiger partial charge in [0.1, 0.15) is 0 Å². The average Bonchev–Trinajstić information content (AvgIpc) is 2.63. The summed E-state index contributed by atoms with van der Waals surface area (Å²) in [6.45, 7) is 0.144. The molecule has 3 aromatic rings. The molecule has 0 radical (unpaired) electrons. The van der Waals surface area contributed by atoms with E-state index < -0.39 is 11.9 Å². The molecule has 0 spiro atoms. The lowest BCUT2D eigenvalue weighted by atomic mass is 10.1. The second-order valence-corrected chi connectivity index (χ2v) is 5.41. The maximum absolute atomic E-state index is 12.6. The second-order valence-electron chi connectivity index (χ2n) is 5.41. The van der Waals surface area contributed by atoms with Crippen LogP contribution in [0, 0.1) is 0 Å². The molecule has 0 saturated heterocycles. The minimum Gasteiger partial charge on any atom is -0.465 e. The molecule has 0 aliphatic heterocycles. The minimum atomic E-state index is -0.703. The second kappa shape index (κ2) is 6.56. The summed E-state index contributed by atoms with van der Waals surface area (Å²) >= 11 is 0. The highest BCUT2D eigenvalue weighted by Gasteiger charge is 2.14. The molecule has 0 aliphatic rings. The Morgan fingerprint density at radius 1 is 1.08 bits per heavy atom. The summed E-state index contributed by atoms with van der Waals surface area (Å²) in [6.07, 6.45) is 0. The molecule has 1 heterocycles. The highest BCUT2D eigenvalue weighted by molar-refractivity contribution is 6.03. The van der Waals surface area contributed by atoms with Crippen molar-refractivity contribution in [2.45, 2.75) is 6.54 Å². The van der Waals surface area contributed by atoms with Gasteiger partial charge in [-0.2, -0.15) is 5.10 Å². The first-order chi connectivity index (χ1) is 12.0. The van der Waals surface area contributed by atoms with Crippen molar-refractivity contribution in [3.8, 4) is 0 Å². The Labute approximate surface area is 142 Å². The minimum absolute atomic E-state index is 0.0429. The van der Waals surface area contributed by atoms with Crippen molar-refractivity contribution in [3.63, 3.8) is 0 Å². The van der Waals surface area contributed by atoms with Gasteiger partial charge in [0.2, 0.25) is 0 Å². The van der Waals surface area contributed by atoms with E-state index >= 15 is 0 Å². The average molecular weight is 337 g/mol. The van der Waals surface area contributed by atoms with Crippen LogP contribution in [-0.2, 0) is 11.3 Å². The summed E-state index contributed by atoms with van der Waals surface area (Å²) in [6, 6.07) is 13.3. The molecule has 0 unspecified atom stereocenters. The van der Waals surface area contributed by atoms with Crippen LogP contribution >= 0.6 is 0 Å². The molecule has 1 aromatic heterocycles. The highest BCUT2D eigenvalue weighted by atomic mass is 16.5. The predicted octanol–water partition coefficient (Wildman–Crippen LogP) is 1.33. The van der Waals surface area contributed by atoms with Crippen LogP contribution in [-0.4, -0.2) is 28.8 Å². The third-order valence-corrected chi connectivity index (χ3v) is 3.81. The number of methoxy groups -OCH3 is 1. The van der Waals surface area contributed by atoms with E-state index in [9.17, 15) is 14.4 Å². The van der Waals surface area contributed by atoms with Crippen LogP contribution in [0.2, 0.25) is 0 Å². The van der Waals surface area contributed by atoms with E-state index in [1.807, 2.05) is 0 Å². The lowest BCUT2D eigenvalue weighted by Gasteiger charge is -2.09. The number of nitrogens with two attached hydrogens (primary N) is 1. The van der Waals surface area contributed by atoms with Gasteiger partial charge >= 0.3 is 5.97 Å². The zero-order chi connectivity index (χ0) is 18.0. The van der Waals surface area contributed by atoms with Gasteiger partial charge in [0, 0.05) is 5.39 Å². The van der Waals surface area contributed by atoms with Crippen LogP contribution in [0.25, 0.3) is 10.8 Å². The number of carbonyl (C=O) groups excluding carboxylic acids is 2. The fraction of sp³-hybridized carbons (Fsp3) is 0.111. The number of ether oxygens (including phenoxy) is 1. The number of hydrogen-bond acceptors (Lipinski definition) is 5. The highest BCUT2D eigenvalue weighted by Crippen LogP contribution is 2.13. The number of benzene rings is 2. The molecule has 0 saturated carbocycles. The summed E-state index contributed by atoms with van der Waals surface area (Å²) in [5, 5.41) is 4.91. The van der Waals surface area contributed by atoms with E-state index in [-0.39, 0.29) is 17.8 Å². The number of rotatable bonds is 4. The number of amides is 1. The maximum Gasteiger partial charge on any atom is 0.337 e. The van der Waals surface area contributed by atoms with Gasteiger partial charge < -0.3 is 10.5 Å². The lowest BCUT2D eigenvalue weighted by Crippen LogP contribution is -2.28. The molecule has 7 heteroatoms. The third-order valence-electron chi connectivity index (χ3n) is 3.81. The van der Waals surface area contributed by atoms with Crippen LogP contribution in [0.4, 0.5) is 0 Å². The van der Waals surface area contributed by atoms with Crippen molar-refractivity contribution in [1.82, 2.24) is 9.78 Å². The number of fused-ring (bicyclic) bond motifs is 1. The van der Waals surface area contributed by atoms with E-state index in [0.717, 1.165) is 5.56 Å². The van der Waals surface area contributed by atoms with Gasteiger partial charge in [-0.3, -0.25) is 9.59 Å². The topological polar surface area (TPSA) is 104 Å². The van der Waals surface area contributed by atoms with E-state index in [0.29, 0.717) is 16.3 Å². The zero-order valence-electron chi connectivity index (χ0n) is 13.4. The van der Waals surface area contributed by atoms with Gasteiger partial charge in [0.05, 0.1) is 24.6 Å². The summed E-state index contributed by atoms with van der Waals surface area (Å²) in [5.41, 5.74) is 6.26. The first-order valence-corrected chi connectivity index (χ1v) is 7.48. The molecule has 2 N–H and O–H groups in total. The first kappa shape index (κ1) is 16.4. The molecular weight excluding hydrogens is 322 g/mol. The summed E-state index contributed by atoms with van der Waals surface area (Å²) in [7, 11) is 1.31. The fourth-order valence-electron chi connectivity index (χ4n) is 2.56. The maximum atomic E-state index is 12.6. The SMILES string of the molecule is COC(=O)c1ccc(Cn2nc(C(N)=O)c3ccccc3c2=O)cc1. The van der Waals surface area contributed by atoms with E-state index in [1.54, 1.807) is 48.5 Å². The van der Waals surface area contributed by atoms with Gasteiger partial charge in [-0.15, -0.1) is 0 Å². The van der Waals surface area contributed by atoms with Gasteiger partial charge in [0.25, 0.3) is 11.5 Å². The molecule has 3 rings (SSSR count). The van der Waals surface area contributed by atoms with Crippen LogP contribution < -0.4 is 11.3 Å². The van der Waals surface area contributed by atoms with Crippen LogP contribution in [0.3, 0.4) is 0 Å².